The molecule has 0 fully saturated rings. The summed E-state index contributed by atoms with van der Waals surface area (Å²) in [5.74, 6) is 0.769. The number of hydrogen-bond donors (Lipinski definition) is 1. The van der Waals surface area contributed by atoms with Gasteiger partial charge in [-0.15, -0.1) is 11.3 Å². The van der Waals surface area contributed by atoms with Gasteiger partial charge < -0.3 is 19.5 Å². The molecule has 4 rings (SSSR count). The van der Waals surface area contributed by atoms with Crippen LogP contribution in [0.4, 0.5) is 11.4 Å². The second kappa shape index (κ2) is 8.53. The van der Waals surface area contributed by atoms with E-state index in [1.54, 1.807) is 49.6 Å². The van der Waals surface area contributed by atoms with Gasteiger partial charge in [0.2, 0.25) is 0 Å². The Balaban J connectivity index is 1.81. The van der Waals surface area contributed by atoms with Crippen LogP contribution in [0.15, 0.2) is 65.7 Å². The van der Waals surface area contributed by atoms with Gasteiger partial charge in [0, 0.05) is 17.0 Å². The molecule has 158 valence electrons. The first-order valence-corrected chi connectivity index (χ1v) is 10.3. The summed E-state index contributed by atoms with van der Waals surface area (Å²) in [5.41, 5.74) is 1.41. The molecule has 7 nitrogen and oxygen atoms in total. The number of nitrogens with one attached hydrogen (secondary N) is 1. The molecule has 2 heterocycles. The Kier molecular flexibility index (Phi) is 5.64. The number of anilines is 2. The Morgan fingerprint density at radius 3 is 2.29 bits per heavy atom. The summed E-state index contributed by atoms with van der Waals surface area (Å²) in [4.78, 5) is 28.7. The Morgan fingerprint density at radius 1 is 0.839 bits per heavy atom. The van der Waals surface area contributed by atoms with Crippen molar-refractivity contribution >= 4 is 40.1 Å². The topological polar surface area (TPSA) is 77.1 Å². The Morgan fingerprint density at radius 2 is 1.61 bits per heavy atom. The van der Waals surface area contributed by atoms with Crippen molar-refractivity contribution in [3.05, 3.63) is 70.6 Å². The van der Waals surface area contributed by atoms with E-state index in [4.69, 9.17) is 14.2 Å². The van der Waals surface area contributed by atoms with Gasteiger partial charge in [-0.25, -0.2) is 4.90 Å². The summed E-state index contributed by atoms with van der Waals surface area (Å²) in [6.07, 6.45) is 0. The van der Waals surface area contributed by atoms with E-state index in [2.05, 4.69) is 5.32 Å². The molecule has 2 aromatic carbocycles. The quantitative estimate of drug-likeness (QED) is 0.560. The Hall–Kier alpha value is -3.78. The SMILES string of the molecule is COc1cccc(N2C(=O)C(Nc3cc(OC)ccc3OC)=C(c3cccs3)C2=O)c1. The summed E-state index contributed by atoms with van der Waals surface area (Å²) < 4.78 is 16.0. The van der Waals surface area contributed by atoms with E-state index in [1.165, 1.54) is 25.6 Å². The number of benzene rings is 2. The van der Waals surface area contributed by atoms with Crippen LogP contribution in [0.25, 0.3) is 5.57 Å². The molecular formula is C23H20N2O5S. The number of carbonyl (C=O) groups excluding carboxylic acids is 2. The van der Waals surface area contributed by atoms with E-state index in [0.717, 1.165) is 4.90 Å². The standard InChI is InChI=1S/C23H20N2O5S/c1-28-15-7-4-6-14(12-15)25-22(26)20(19-8-5-11-31-19)21(23(25)27)24-17-13-16(29-2)9-10-18(17)30-3/h4-13,24H,1-3H3. The fourth-order valence-electron chi connectivity index (χ4n) is 3.33. The second-order valence-corrected chi connectivity index (χ2v) is 7.51. The van der Waals surface area contributed by atoms with Crippen molar-refractivity contribution in [3.63, 3.8) is 0 Å². The number of carbonyl (C=O) groups is 2. The predicted molar refractivity (Wildman–Crippen MR) is 120 cm³/mol. The first kappa shape index (κ1) is 20.5. The molecule has 0 spiro atoms. The van der Waals surface area contributed by atoms with Crippen molar-refractivity contribution in [1.82, 2.24) is 0 Å². The van der Waals surface area contributed by atoms with E-state index in [9.17, 15) is 9.59 Å². The van der Waals surface area contributed by atoms with Crippen LogP contribution in [0, 0.1) is 0 Å². The molecule has 0 bridgehead atoms. The van der Waals surface area contributed by atoms with E-state index in [0.29, 0.717) is 39.1 Å². The normalized spacial score (nSPS) is 13.6. The van der Waals surface area contributed by atoms with Crippen LogP contribution in [-0.2, 0) is 9.59 Å². The Labute approximate surface area is 183 Å². The maximum absolute atomic E-state index is 13.5. The molecule has 3 aromatic rings. The zero-order chi connectivity index (χ0) is 22.0. The van der Waals surface area contributed by atoms with E-state index in [1.807, 2.05) is 17.5 Å². The number of thiophene rings is 1. The minimum atomic E-state index is -0.466. The molecule has 1 N–H and O–H groups in total. The third kappa shape index (κ3) is 3.73. The maximum atomic E-state index is 13.5. The lowest BCUT2D eigenvalue weighted by molar-refractivity contribution is -0.120. The highest BCUT2D eigenvalue weighted by atomic mass is 32.1. The number of hydrogen-bond acceptors (Lipinski definition) is 7. The third-order valence-electron chi connectivity index (χ3n) is 4.83. The van der Waals surface area contributed by atoms with Gasteiger partial charge in [0.25, 0.3) is 11.8 Å². The number of ether oxygens (including phenoxy) is 3. The maximum Gasteiger partial charge on any atom is 0.282 e. The molecule has 31 heavy (non-hydrogen) atoms. The molecule has 0 atom stereocenters. The van der Waals surface area contributed by atoms with Gasteiger partial charge in [0.05, 0.1) is 38.3 Å². The summed E-state index contributed by atoms with van der Waals surface area (Å²) in [6.45, 7) is 0. The van der Waals surface area contributed by atoms with Crippen LogP contribution in [0.2, 0.25) is 0 Å². The van der Waals surface area contributed by atoms with Gasteiger partial charge in [-0.2, -0.15) is 0 Å². The van der Waals surface area contributed by atoms with Gasteiger partial charge >= 0.3 is 0 Å². The summed E-state index contributed by atoms with van der Waals surface area (Å²) >= 11 is 1.38. The minimum Gasteiger partial charge on any atom is -0.497 e. The first-order chi connectivity index (χ1) is 15.1. The molecule has 0 aliphatic carbocycles. The molecule has 0 saturated carbocycles. The molecule has 8 heteroatoms. The molecule has 0 saturated heterocycles. The average Bonchev–Trinajstić information content (AvgIpc) is 3.40. The molecule has 2 amide bonds. The summed E-state index contributed by atoms with van der Waals surface area (Å²) in [7, 11) is 4.62. The van der Waals surface area contributed by atoms with E-state index < -0.39 is 11.8 Å². The second-order valence-electron chi connectivity index (χ2n) is 6.57. The monoisotopic (exact) mass is 436 g/mol. The van der Waals surface area contributed by atoms with Gasteiger partial charge in [-0.05, 0) is 35.7 Å². The lowest BCUT2D eigenvalue weighted by atomic mass is 10.1. The van der Waals surface area contributed by atoms with E-state index in [-0.39, 0.29) is 5.70 Å². The van der Waals surface area contributed by atoms with Gasteiger partial charge in [-0.1, -0.05) is 12.1 Å². The average molecular weight is 436 g/mol. The number of nitrogens with zero attached hydrogens (tertiary/aromatic N) is 1. The zero-order valence-corrected chi connectivity index (χ0v) is 18.0. The van der Waals surface area contributed by atoms with Crippen molar-refractivity contribution in [2.24, 2.45) is 0 Å². The lowest BCUT2D eigenvalue weighted by Gasteiger charge is -2.17. The first-order valence-electron chi connectivity index (χ1n) is 9.37. The molecular weight excluding hydrogens is 416 g/mol. The molecule has 1 aliphatic rings. The summed E-state index contributed by atoms with van der Waals surface area (Å²) in [5, 5.41) is 4.98. The van der Waals surface area contributed by atoms with Gasteiger partial charge in [0.15, 0.2) is 0 Å². The molecule has 0 radical (unpaired) electrons. The molecule has 1 aromatic heterocycles. The number of rotatable bonds is 7. The lowest BCUT2D eigenvalue weighted by Crippen LogP contribution is -2.32. The smallest absolute Gasteiger partial charge is 0.282 e. The fraction of sp³-hybridized carbons (Fsp3) is 0.130. The van der Waals surface area contributed by atoms with Crippen molar-refractivity contribution in [2.75, 3.05) is 31.5 Å². The Bertz CT molecular complexity index is 1170. The highest BCUT2D eigenvalue weighted by Gasteiger charge is 2.41. The highest BCUT2D eigenvalue weighted by molar-refractivity contribution is 7.11. The van der Waals surface area contributed by atoms with Crippen molar-refractivity contribution in [1.29, 1.82) is 0 Å². The van der Waals surface area contributed by atoms with E-state index >= 15 is 0 Å². The minimum absolute atomic E-state index is 0.168. The third-order valence-corrected chi connectivity index (χ3v) is 5.72. The molecule has 1 aliphatic heterocycles. The van der Waals surface area contributed by atoms with Crippen LogP contribution in [-0.4, -0.2) is 33.1 Å². The van der Waals surface area contributed by atoms with Crippen LogP contribution < -0.4 is 24.4 Å². The van der Waals surface area contributed by atoms with Crippen LogP contribution in [0.5, 0.6) is 17.2 Å². The van der Waals surface area contributed by atoms with Gasteiger partial charge in [0.1, 0.15) is 22.9 Å². The zero-order valence-electron chi connectivity index (χ0n) is 17.2. The molecule has 0 unspecified atom stereocenters. The van der Waals surface area contributed by atoms with Crippen molar-refractivity contribution in [3.8, 4) is 17.2 Å². The fourth-order valence-corrected chi connectivity index (χ4v) is 4.09. The predicted octanol–water partition coefficient (Wildman–Crippen LogP) is 4.17. The van der Waals surface area contributed by atoms with Crippen molar-refractivity contribution < 1.29 is 23.8 Å². The number of amides is 2. The largest absolute Gasteiger partial charge is 0.497 e. The van der Waals surface area contributed by atoms with Gasteiger partial charge in [-0.3, -0.25) is 9.59 Å². The highest BCUT2D eigenvalue weighted by Crippen LogP contribution is 2.38. The van der Waals surface area contributed by atoms with Crippen LogP contribution in [0.3, 0.4) is 0 Å². The number of methoxy groups -OCH3 is 3. The summed E-state index contributed by atoms with van der Waals surface area (Å²) in [6, 6.07) is 15.7. The van der Waals surface area contributed by atoms with Crippen LogP contribution in [0.1, 0.15) is 4.88 Å². The number of imide groups is 1. The van der Waals surface area contributed by atoms with Crippen molar-refractivity contribution in [2.45, 2.75) is 0 Å². The van der Waals surface area contributed by atoms with Crippen LogP contribution >= 0.6 is 11.3 Å².